The van der Waals surface area contributed by atoms with Crippen LogP contribution in [0.1, 0.15) is 46.6 Å². The van der Waals surface area contributed by atoms with Crippen LogP contribution in [0.2, 0.25) is 18.1 Å². The molecule has 0 saturated heterocycles. The van der Waals surface area contributed by atoms with Crippen molar-refractivity contribution in [3.63, 3.8) is 0 Å². The molecule has 1 aliphatic rings. The third-order valence-electron chi connectivity index (χ3n) is 6.14. The van der Waals surface area contributed by atoms with Crippen molar-refractivity contribution in [3.8, 4) is 0 Å². The fraction of sp³-hybridized carbons (Fsp3) is 0.619. The first-order chi connectivity index (χ1) is 11.5. The summed E-state index contributed by atoms with van der Waals surface area (Å²) in [6.45, 7) is 11.1. The van der Waals surface area contributed by atoms with Crippen molar-refractivity contribution in [2.45, 2.75) is 71.4 Å². The maximum Gasteiger partial charge on any atom is 0.192 e. The zero-order valence-electron chi connectivity index (χ0n) is 16.0. The summed E-state index contributed by atoms with van der Waals surface area (Å²) in [4.78, 5) is 0. The fourth-order valence-corrected chi connectivity index (χ4v) is 6.94. The van der Waals surface area contributed by atoms with Gasteiger partial charge in [0.05, 0.1) is 12.2 Å². The van der Waals surface area contributed by atoms with E-state index >= 15 is 0 Å². The molecule has 0 saturated carbocycles. The summed E-state index contributed by atoms with van der Waals surface area (Å²) < 4.78 is 6.76. The number of aliphatic hydroxyl groups is 1. The Labute approximate surface area is 149 Å². The minimum absolute atomic E-state index is 0.134. The van der Waals surface area contributed by atoms with Crippen LogP contribution in [0.4, 0.5) is 0 Å². The van der Waals surface area contributed by atoms with E-state index in [2.05, 4.69) is 65.0 Å². The van der Waals surface area contributed by atoms with Gasteiger partial charge in [-0.25, -0.2) is 0 Å². The SMILES string of the molecule is CC[Si](CC)(CC)O[C@@H]1CC=C(c2ccccc2)[C@@H](C)[C@@H](O)[C@H]1C. The predicted octanol–water partition coefficient (Wildman–Crippen LogP) is 5.50. The van der Waals surface area contributed by atoms with Gasteiger partial charge in [0.15, 0.2) is 8.32 Å². The Morgan fingerprint density at radius 2 is 1.62 bits per heavy atom. The number of hydrogen-bond acceptors (Lipinski definition) is 2. The van der Waals surface area contributed by atoms with Crippen molar-refractivity contribution >= 4 is 13.9 Å². The zero-order chi connectivity index (χ0) is 17.7. The normalized spacial score (nSPS) is 28.3. The van der Waals surface area contributed by atoms with Gasteiger partial charge in [-0.3, -0.25) is 0 Å². The molecule has 0 fully saturated rings. The van der Waals surface area contributed by atoms with Crippen LogP contribution in [0, 0.1) is 11.8 Å². The molecule has 4 atom stereocenters. The molecule has 0 bridgehead atoms. The van der Waals surface area contributed by atoms with Gasteiger partial charge in [0.25, 0.3) is 0 Å². The summed E-state index contributed by atoms with van der Waals surface area (Å²) in [6, 6.07) is 13.9. The second-order valence-corrected chi connectivity index (χ2v) is 12.0. The number of rotatable bonds is 6. The van der Waals surface area contributed by atoms with E-state index in [1.807, 2.05) is 6.07 Å². The highest BCUT2D eigenvalue weighted by molar-refractivity contribution is 6.73. The Morgan fingerprint density at radius 1 is 1.04 bits per heavy atom. The minimum Gasteiger partial charge on any atom is -0.413 e. The largest absolute Gasteiger partial charge is 0.413 e. The standard InChI is InChI=1S/C21H34O2Si/c1-6-24(7-2,8-3)23-20-15-14-19(16(4)21(22)17(20)5)18-12-10-9-11-13-18/h9-14,16-17,20-22H,6-8,15H2,1-5H3/t16-,17+,20-,21-/m1/s1. The lowest BCUT2D eigenvalue weighted by Crippen LogP contribution is -2.44. The molecule has 1 aromatic carbocycles. The van der Waals surface area contributed by atoms with E-state index < -0.39 is 8.32 Å². The van der Waals surface area contributed by atoms with Crippen LogP contribution in [0.15, 0.2) is 36.4 Å². The molecule has 0 aliphatic heterocycles. The van der Waals surface area contributed by atoms with Crippen molar-refractivity contribution in [2.75, 3.05) is 0 Å². The minimum atomic E-state index is -1.66. The first kappa shape index (κ1) is 19.4. The molecule has 0 radical (unpaired) electrons. The van der Waals surface area contributed by atoms with Gasteiger partial charge in [-0.05, 0) is 35.7 Å². The molecule has 0 heterocycles. The Morgan fingerprint density at radius 3 is 2.17 bits per heavy atom. The molecule has 3 heteroatoms. The first-order valence-electron chi connectivity index (χ1n) is 9.59. The third-order valence-corrected chi connectivity index (χ3v) is 10.8. The molecule has 0 amide bonds. The summed E-state index contributed by atoms with van der Waals surface area (Å²) in [5, 5.41) is 10.9. The Kier molecular flexibility index (Phi) is 6.85. The summed E-state index contributed by atoms with van der Waals surface area (Å²) >= 11 is 0. The van der Waals surface area contributed by atoms with Crippen LogP contribution in [0.25, 0.3) is 5.57 Å². The van der Waals surface area contributed by atoms with E-state index in [1.54, 1.807) is 0 Å². The summed E-state index contributed by atoms with van der Waals surface area (Å²) in [6.07, 6.45) is 3.00. The topological polar surface area (TPSA) is 29.5 Å². The molecular formula is C21H34O2Si. The highest BCUT2D eigenvalue weighted by atomic mass is 28.4. The van der Waals surface area contributed by atoms with Crippen LogP contribution >= 0.6 is 0 Å². The predicted molar refractivity (Wildman–Crippen MR) is 105 cm³/mol. The molecule has 1 aliphatic carbocycles. The Balaban J connectivity index is 2.28. The van der Waals surface area contributed by atoms with Crippen molar-refractivity contribution in [3.05, 3.63) is 42.0 Å². The summed E-state index contributed by atoms with van der Waals surface area (Å²) in [7, 11) is -1.66. The van der Waals surface area contributed by atoms with Gasteiger partial charge >= 0.3 is 0 Å². The van der Waals surface area contributed by atoms with Crippen molar-refractivity contribution in [1.29, 1.82) is 0 Å². The van der Waals surface area contributed by atoms with E-state index in [4.69, 9.17) is 4.43 Å². The van der Waals surface area contributed by atoms with Gasteiger partial charge < -0.3 is 9.53 Å². The monoisotopic (exact) mass is 346 g/mol. The van der Waals surface area contributed by atoms with Crippen LogP contribution in [-0.4, -0.2) is 25.6 Å². The molecule has 2 nitrogen and oxygen atoms in total. The van der Waals surface area contributed by atoms with Crippen LogP contribution in [0.5, 0.6) is 0 Å². The van der Waals surface area contributed by atoms with Gasteiger partial charge in [0.1, 0.15) is 0 Å². The van der Waals surface area contributed by atoms with E-state index in [9.17, 15) is 5.11 Å². The molecular weight excluding hydrogens is 312 g/mol. The molecule has 0 unspecified atom stereocenters. The molecule has 1 N–H and O–H groups in total. The van der Waals surface area contributed by atoms with Crippen LogP contribution < -0.4 is 0 Å². The maximum absolute atomic E-state index is 10.9. The first-order valence-corrected chi connectivity index (χ1v) is 12.1. The van der Waals surface area contributed by atoms with E-state index in [0.29, 0.717) is 0 Å². The molecule has 2 rings (SSSR count). The van der Waals surface area contributed by atoms with E-state index in [1.165, 1.54) is 11.1 Å². The van der Waals surface area contributed by atoms with Crippen LogP contribution in [-0.2, 0) is 4.43 Å². The lowest BCUT2D eigenvalue weighted by atomic mass is 9.85. The average Bonchev–Trinajstić information content (AvgIpc) is 2.73. The summed E-state index contributed by atoms with van der Waals surface area (Å²) in [5.41, 5.74) is 2.49. The van der Waals surface area contributed by atoms with Gasteiger partial charge in [-0.1, -0.05) is 71.0 Å². The lowest BCUT2D eigenvalue weighted by molar-refractivity contribution is 0.0181. The lowest BCUT2D eigenvalue weighted by Gasteiger charge is -2.37. The van der Waals surface area contributed by atoms with E-state index in [-0.39, 0.29) is 24.0 Å². The molecule has 0 aromatic heterocycles. The number of aliphatic hydroxyl groups excluding tert-OH is 1. The zero-order valence-corrected chi connectivity index (χ0v) is 17.0. The molecule has 24 heavy (non-hydrogen) atoms. The van der Waals surface area contributed by atoms with E-state index in [0.717, 1.165) is 24.6 Å². The van der Waals surface area contributed by atoms with Gasteiger partial charge in [-0.2, -0.15) is 0 Å². The molecule has 1 aromatic rings. The average molecular weight is 347 g/mol. The quantitative estimate of drug-likeness (QED) is 0.689. The van der Waals surface area contributed by atoms with Crippen molar-refractivity contribution in [2.24, 2.45) is 11.8 Å². The molecule has 0 spiro atoms. The highest BCUT2D eigenvalue weighted by Crippen LogP contribution is 2.37. The highest BCUT2D eigenvalue weighted by Gasteiger charge is 2.38. The van der Waals surface area contributed by atoms with Crippen molar-refractivity contribution < 1.29 is 9.53 Å². The van der Waals surface area contributed by atoms with Gasteiger partial charge in [0.2, 0.25) is 0 Å². The maximum atomic E-state index is 10.9. The van der Waals surface area contributed by atoms with Gasteiger partial charge in [-0.15, -0.1) is 0 Å². The Bertz CT molecular complexity index is 528. The van der Waals surface area contributed by atoms with Crippen molar-refractivity contribution in [1.82, 2.24) is 0 Å². The number of benzene rings is 1. The fourth-order valence-electron chi connectivity index (χ4n) is 3.99. The third kappa shape index (κ3) is 4.01. The van der Waals surface area contributed by atoms with Crippen LogP contribution in [0.3, 0.4) is 0 Å². The second-order valence-electron chi connectivity index (χ2n) is 7.30. The number of hydrogen-bond donors (Lipinski definition) is 1. The smallest absolute Gasteiger partial charge is 0.192 e. The van der Waals surface area contributed by atoms with Gasteiger partial charge in [0, 0.05) is 11.8 Å². The second kappa shape index (κ2) is 8.46. The molecule has 134 valence electrons. The summed E-state index contributed by atoms with van der Waals surface area (Å²) in [5.74, 6) is 0.297. The Hall–Kier alpha value is -0.903.